The summed E-state index contributed by atoms with van der Waals surface area (Å²) in [5.74, 6) is 0.876. The third kappa shape index (κ3) is 6.19. The molecule has 2 heterocycles. The average molecular weight is 418 g/mol. The highest BCUT2D eigenvalue weighted by Crippen LogP contribution is 2.20. The molecule has 0 saturated carbocycles. The van der Waals surface area contributed by atoms with Crippen molar-refractivity contribution in [1.29, 1.82) is 0 Å². The molecule has 2 amide bonds. The first-order valence-corrected chi connectivity index (χ1v) is 11.2. The number of methoxy groups -OCH3 is 1. The second-order valence-corrected chi connectivity index (χ2v) is 8.10. The molecule has 2 aliphatic rings. The molecule has 7 nitrogen and oxygen atoms in total. The summed E-state index contributed by atoms with van der Waals surface area (Å²) in [7, 11) is 1.61. The third-order valence-electron chi connectivity index (χ3n) is 6.14. The van der Waals surface area contributed by atoms with Crippen molar-refractivity contribution in [3.63, 3.8) is 0 Å². The molecule has 7 heteroatoms. The van der Waals surface area contributed by atoms with Crippen LogP contribution in [0.25, 0.3) is 0 Å². The molecule has 3 rings (SSSR count). The quantitative estimate of drug-likeness (QED) is 0.668. The number of nitrogens with one attached hydrogen (secondary N) is 1. The molecule has 0 spiro atoms. The van der Waals surface area contributed by atoms with Gasteiger partial charge in [0.15, 0.2) is 0 Å². The minimum atomic E-state index is -0.0348. The Morgan fingerprint density at radius 2 is 1.83 bits per heavy atom. The first kappa shape index (κ1) is 22.6. The topological polar surface area (TPSA) is 71.1 Å². The third-order valence-corrected chi connectivity index (χ3v) is 6.14. The molecule has 0 aromatic heterocycles. The van der Waals surface area contributed by atoms with Gasteiger partial charge in [0.1, 0.15) is 11.9 Å². The van der Waals surface area contributed by atoms with Gasteiger partial charge in [0.05, 0.1) is 13.0 Å². The summed E-state index contributed by atoms with van der Waals surface area (Å²) in [5, 5.41) is 3.07. The van der Waals surface area contributed by atoms with Gasteiger partial charge in [-0.25, -0.2) is 0 Å². The van der Waals surface area contributed by atoms with Crippen LogP contribution in [0.1, 0.15) is 49.4 Å². The molecule has 2 saturated heterocycles. The molecule has 166 valence electrons. The smallest absolute Gasteiger partial charge is 0.251 e. The molecule has 0 bridgehead atoms. The second-order valence-electron chi connectivity index (χ2n) is 8.10. The summed E-state index contributed by atoms with van der Waals surface area (Å²) < 4.78 is 11.0. The van der Waals surface area contributed by atoms with Crippen LogP contribution in [0.15, 0.2) is 24.3 Å². The first-order chi connectivity index (χ1) is 14.6. The lowest BCUT2D eigenvalue weighted by molar-refractivity contribution is -0.133. The van der Waals surface area contributed by atoms with Crippen molar-refractivity contribution < 1.29 is 19.1 Å². The van der Waals surface area contributed by atoms with Gasteiger partial charge in [0.2, 0.25) is 5.91 Å². The number of carbonyl (C=O) groups excluding carboxylic acids is 2. The Morgan fingerprint density at radius 3 is 2.50 bits per heavy atom. The van der Waals surface area contributed by atoms with Gasteiger partial charge in [-0.1, -0.05) is 6.92 Å². The highest BCUT2D eigenvalue weighted by atomic mass is 16.5. The van der Waals surface area contributed by atoms with Gasteiger partial charge in [-0.15, -0.1) is 0 Å². The van der Waals surface area contributed by atoms with E-state index >= 15 is 0 Å². The highest BCUT2D eigenvalue weighted by molar-refractivity contribution is 5.94. The number of rotatable bonds is 9. The van der Waals surface area contributed by atoms with E-state index in [0.29, 0.717) is 44.3 Å². The van der Waals surface area contributed by atoms with Gasteiger partial charge < -0.3 is 19.7 Å². The standard InChI is InChI=1S/C23H35N3O4/c1-3-25-13-4-5-19(25)17-24-23(28)18-6-8-20(9-7-18)30-21-10-14-26(15-11-21)22(27)12-16-29-2/h6-9,19,21H,3-5,10-17H2,1-2H3,(H,24,28)/t19-/m0/s1. The fraction of sp³-hybridized carbons (Fsp3) is 0.652. The fourth-order valence-electron chi connectivity index (χ4n) is 4.30. The Labute approximate surface area is 179 Å². The summed E-state index contributed by atoms with van der Waals surface area (Å²) in [5.41, 5.74) is 0.655. The highest BCUT2D eigenvalue weighted by Gasteiger charge is 2.24. The lowest BCUT2D eigenvalue weighted by Gasteiger charge is -2.32. The van der Waals surface area contributed by atoms with Gasteiger partial charge in [-0.3, -0.25) is 14.5 Å². The Bertz CT molecular complexity index is 686. The molecule has 0 aliphatic carbocycles. The number of ether oxygens (including phenoxy) is 2. The van der Waals surface area contributed by atoms with Crippen LogP contribution >= 0.6 is 0 Å². The summed E-state index contributed by atoms with van der Waals surface area (Å²) in [6.07, 6.45) is 4.52. The Morgan fingerprint density at radius 1 is 1.10 bits per heavy atom. The predicted molar refractivity (Wildman–Crippen MR) is 116 cm³/mol. The normalized spacial score (nSPS) is 20.3. The largest absolute Gasteiger partial charge is 0.490 e. The lowest BCUT2D eigenvalue weighted by Crippen LogP contribution is -2.42. The monoisotopic (exact) mass is 417 g/mol. The Hall–Kier alpha value is -2.12. The van der Waals surface area contributed by atoms with Crippen LogP contribution in [0, 0.1) is 0 Å². The fourth-order valence-corrected chi connectivity index (χ4v) is 4.30. The number of likely N-dealkylation sites (N-methyl/N-ethyl adjacent to an activating group) is 1. The minimum Gasteiger partial charge on any atom is -0.490 e. The summed E-state index contributed by atoms with van der Waals surface area (Å²) >= 11 is 0. The number of piperidine rings is 1. The number of amides is 2. The molecule has 1 aromatic carbocycles. The molecule has 1 atom stereocenters. The van der Waals surface area contributed by atoms with Gasteiger partial charge >= 0.3 is 0 Å². The van der Waals surface area contributed by atoms with E-state index in [1.54, 1.807) is 7.11 Å². The SMILES string of the molecule is CCN1CCC[C@H]1CNC(=O)c1ccc(OC2CCN(C(=O)CCOC)CC2)cc1. The zero-order valence-electron chi connectivity index (χ0n) is 18.3. The number of hydrogen-bond donors (Lipinski definition) is 1. The molecule has 30 heavy (non-hydrogen) atoms. The first-order valence-electron chi connectivity index (χ1n) is 11.2. The van der Waals surface area contributed by atoms with Crippen molar-refractivity contribution in [3.05, 3.63) is 29.8 Å². The van der Waals surface area contributed by atoms with E-state index in [1.165, 1.54) is 6.42 Å². The molecular weight excluding hydrogens is 382 g/mol. The van der Waals surface area contributed by atoms with E-state index < -0.39 is 0 Å². The van der Waals surface area contributed by atoms with Crippen LogP contribution in [-0.4, -0.2) is 80.2 Å². The number of likely N-dealkylation sites (tertiary alicyclic amines) is 2. The zero-order valence-corrected chi connectivity index (χ0v) is 18.3. The van der Waals surface area contributed by atoms with E-state index in [1.807, 2.05) is 29.2 Å². The van der Waals surface area contributed by atoms with Crippen molar-refractivity contribution in [2.24, 2.45) is 0 Å². The van der Waals surface area contributed by atoms with Crippen LogP contribution in [0.3, 0.4) is 0 Å². The van der Waals surface area contributed by atoms with E-state index in [2.05, 4.69) is 17.1 Å². The maximum absolute atomic E-state index is 12.5. The Balaban J connectivity index is 1.41. The van der Waals surface area contributed by atoms with Crippen LogP contribution in [0.2, 0.25) is 0 Å². The van der Waals surface area contributed by atoms with Gasteiger partial charge in [0.25, 0.3) is 5.91 Å². The second kappa shape index (κ2) is 11.3. The molecule has 1 aromatic rings. The van der Waals surface area contributed by atoms with E-state index in [0.717, 1.165) is 38.1 Å². The summed E-state index contributed by atoms with van der Waals surface area (Å²) in [6.45, 7) is 6.92. The van der Waals surface area contributed by atoms with Crippen LogP contribution < -0.4 is 10.1 Å². The maximum Gasteiger partial charge on any atom is 0.251 e. The van der Waals surface area contributed by atoms with Crippen LogP contribution in [0.5, 0.6) is 5.75 Å². The molecule has 2 aliphatic heterocycles. The zero-order chi connectivity index (χ0) is 21.3. The molecule has 0 unspecified atom stereocenters. The Kier molecular flexibility index (Phi) is 8.51. The van der Waals surface area contributed by atoms with Crippen molar-refractivity contribution in [2.75, 3.05) is 46.4 Å². The van der Waals surface area contributed by atoms with E-state index in [-0.39, 0.29) is 17.9 Å². The van der Waals surface area contributed by atoms with Crippen molar-refractivity contribution >= 4 is 11.8 Å². The van der Waals surface area contributed by atoms with E-state index in [9.17, 15) is 9.59 Å². The number of benzene rings is 1. The van der Waals surface area contributed by atoms with Gasteiger partial charge in [-0.05, 0) is 50.2 Å². The van der Waals surface area contributed by atoms with Crippen LogP contribution in [-0.2, 0) is 9.53 Å². The number of nitrogens with zero attached hydrogens (tertiary/aromatic N) is 2. The van der Waals surface area contributed by atoms with Gasteiger partial charge in [-0.2, -0.15) is 0 Å². The lowest BCUT2D eigenvalue weighted by atomic mass is 10.1. The maximum atomic E-state index is 12.5. The van der Waals surface area contributed by atoms with Crippen molar-refractivity contribution in [3.8, 4) is 5.75 Å². The predicted octanol–water partition coefficient (Wildman–Crippen LogP) is 2.31. The number of hydrogen-bond acceptors (Lipinski definition) is 5. The van der Waals surface area contributed by atoms with Gasteiger partial charge in [0, 0.05) is 51.2 Å². The molecule has 1 N–H and O–H groups in total. The van der Waals surface area contributed by atoms with Crippen molar-refractivity contribution in [2.45, 2.75) is 51.2 Å². The van der Waals surface area contributed by atoms with Crippen molar-refractivity contribution in [1.82, 2.24) is 15.1 Å². The molecular formula is C23H35N3O4. The minimum absolute atomic E-state index is 0.0348. The summed E-state index contributed by atoms with van der Waals surface area (Å²) in [4.78, 5) is 28.8. The van der Waals surface area contributed by atoms with E-state index in [4.69, 9.17) is 9.47 Å². The van der Waals surface area contributed by atoms with Crippen LogP contribution in [0.4, 0.5) is 0 Å². The summed E-state index contributed by atoms with van der Waals surface area (Å²) in [6, 6.07) is 7.81. The number of carbonyl (C=O) groups is 2. The molecule has 2 fully saturated rings. The molecule has 0 radical (unpaired) electrons. The average Bonchev–Trinajstić information content (AvgIpc) is 3.24.